The number of ether oxygens (including phenoxy) is 1. The van der Waals surface area contributed by atoms with Crippen LogP contribution in [-0.4, -0.2) is 42.6 Å². The molecule has 2 unspecified atom stereocenters. The zero-order valence-corrected chi connectivity index (χ0v) is 31.9. The molecule has 3 aromatic carbocycles. The van der Waals surface area contributed by atoms with E-state index < -0.39 is 29.2 Å². The summed E-state index contributed by atoms with van der Waals surface area (Å²) in [6.45, 7) is 8.56. The number of guanidine groups is 1. The van der Waals surface area contributed by atoms with E-state index in [4.69, 9.17) is 39.4 Å². The number of benzene rings is 3. The first-order chi connectivity index (χ1) is 24.5. The Labute approximate surface area is 317 Å². The van der Waals surface area contributed by atoms with Crippen molar-refractivity contribution >= 4 is 58.5 Å². The number of rotatable bonds is 15. The summed E-state index contributed by atoms with van der Waals surface area (Å²) < 4.78 is 35.5. The molecule has 1 heterocycles. The molecule has 0 saturated heterocycles. The van der Waals surface area contributed by atoms with Crippen molar-refractivity contribution in [3.63, 3.8) is 0 Å². The lowest BCUT2D eigenvalue weighted by molar-refractivity contribution is -0.139. The maximum absolute atomic E-state index is 15.8. The normalized spacial score (nSPS) is 15.2. The Bertz CT molecular complexity index is 1880. The van der Waals surface area contributed by atoms with Crippen molar-refractivity contribution in [3.8, 4) is 5.75 Å². The lowest BCUT2D eigenvalue weighted by Crippen LogP contribution is -2.40. The van der Waals surface area contributed by atoms with E-state index in [1.165, 1.54) is 30.0 Å². The quantitative estimate of drug-likeness (QED) is 0.0686. The topological polar surface area (TPSA) is 143 Å². The molecule has 4 rings (SSSR count). The Kier molecular flexibility index (Phi) is 13.6. The molecule has 1 aliphatic heterocycles. The van der Waals surface area contributed by atoms with Crippen molar-refractivity contribution in [1.29, 1.82) is 0 Å². The molecular formula is C38H43Cl2F2N5O4S. The number of halogens is 4. The molecule has 52 heavy (non-hydrogen) atoms. The van der Waals surface area contributed by atoms with Crippen LogP contribution in [0.5, 0.6) is 5.75 Å². The summed E-state index contributed by atoms with van der Waals surface area (Å²) in [5.74, 6) is -2.53. The van der Waals surface area contributed by atoms with Crippen molar-refractivity contribution in [2.75, 3.05) is 18.6 Å². The van der Waals surface area contributed by atoms with E-state index in [1.54, 1.807) is 25.3 Å². The number of carbonyl (C=O) groups is 2. The third kappa shape index (κ3) is 9.58. The van der Waals surface area contributed by atoms with Gasteiger partial charge in [0, 0.05) is 45.2 Å². The molecule has 278 valence electrons. The summed E-state index contributed by atoms with van der Waals surface area (Å²) in [7, 11) is 1.56. The number of nitrogens with two attached hydrogens (primary N) is 2. The number of carboxylic acid groups (broad SMARTS) is 1. The molecule has 1 aliphatic rings. The summed E-state index contributed by atoms with van der Waals surface area (Å²) in [5, 5.41) is 13.4. The highest BCUT2D eigenvalue weighted by atomic mass is 35.5. The van der Waals surface area contributed by atoms with E-state index in [1.807, 2.05) is 19.1 Å². The number of methoxy groups -OCH3 is 1. The fourth-order valence-electron chi connectivity index (χ4n) is 5.81. The minimum Gasteiger partial charge on any atom is -0.495 e. The molecule has 3 aromatic rings. The van der Waals surface area contributed by atoms with Gasteiger partial charge in [-0.1, -0.05) is 56.1 Å². The number of amides is 1. The van der Waals surface area contributed by atoms with E-state index in [9.17, 15) is 19.1 Å². The van der Waals surface area contributed by atoms with Gasteiger partial charge in [0.25, 0.3) is 5.91 Å². The van der Waals surface area contributed by atoms with E-state index in [-0.39, 0.29) is 46.0 Å². The number of aliphatic imine (C=N–C) groups is 1. The molecule has 0 bridgehead atoms. The van der Waals surface area contributed by atoms with Crippen LogP contribution in [0.25, 0.3) is 0 Å². The zero-order valence-electron chi connectivity index (χ0n) is 29.6. The highest BCUT2D eigenvalue weighted by Gasteiger charge is 2.37. The molecule has 0 aliphatic carbocycles. The lowest BCUT2D eigenvalue weighted by Gasteiger charge is -2.43. The third-order valence-corrected chi connectivity index (χ3v) is 10.9. The van der Waals surface area contributed by atoms with Crippen LogP contribution in [0.3, 0.4) is 0 Å². The third-order valence-electron chi connectivity index (χ3n) is 9.03. The average Bonchev–Trinajstić information content (AvgIpc) is 3.08. The van der Waals surface area contributed by atoms with Gasteiger partial charge >= 0.3 is 5.97 Å². The second kappa shape index (κ2) is 17.5. The molecule has 6 N–H and O–H groups in total. The van der Waals surface area contributed by atoms with Gasteiger partial charge in [0.2, 0.25) is 0 Å². The van der Waals surface area contributed by atoms with Crippen LogP contribution in [0, 0.1) is 17.6 Å². The van der Waals surface area contributed by atoms with Gasteiger partial charge in [-0.25, -0.2) is 13.6 Å². The van der Waals surface area contributed by atoms with Gasteiger partial charge in [0.15, 0.2) is 5.96 Å². The van der Waals surface area contributed by atoms with Crippen molar-refractivity contribution in [3.05, 3.63) is 115 Å². The highest BCUT2D eigenvalue weighted by Crippen LogP contribution is 2.48. The number of carbonyl (C=O) groups excluding carboxylic acids is 1. The summed E-state index contributed by atoms with van der Waals surface area (Å²) in [6.07, 6.45) is 3.24. The van der Waals surface area contributed by atoms with Crippen molar-refractivity contribution in [1.82, 2.24) is 5.32 Å². The zero-order chi connectivity index (χ0) is 38.3. The maximum atomic E-state index is 15.8. The molecule has 0 aromatic heterocycles. The van der Waals surface area contributed by atoms with E-state index in [2.05, 4.69) is 42.1 Å². The number of nitrogens with zero attached hydrogens (tertiary/aromatic N) is 2. The van der Waals surface area contributed by atoms with E-state index in [0.717, 1.165) is 27.9 Å². The first kappa shape index (κ1) is 40.5. The minimum absolute atomic E-state index is 0.0113. The highest BCUT2D eigenvalue weighted by molar-refractivity contribution is 8.02. The number of aliphatic carboxylic acids is 1. The summed E-state index contributed by atoms with van der Waals surface area (Å²) >= 11 is 14.3. The summed E-state index contributed by atoms with van der Waals surface area (Å²) in [5.41, 5.74) is 13.6. The molecule has 0 radical (unpaired) electrons. The number of anilines is 1. The van der Waals surface area contributed by atoms with Crippen LogP contribution in [0.15, 0.2) is 82.0 Å². The number of hydrogen-bond donors (Lipinski definition) is 4. The number of thioether (sulfide) groups is 1. The predicted octanol–water partition coefficient (Wildman–Crippen LogP) is 8.39. The number of hydrogen-bond acceptors (Lipinski definition) is 6. The first-order valence-corrected chi connectivity index (χ1v) is 18.3. The van der Waals surface area contributed by atoms with Gasteiger partial charge in [0.1, 0.15) is 23.4 Å². The molecule has 1 amide bonds. The second-order valence-electron chi connectivity index (χ2n) is 13.0. The molecule has 0 fully saturated rings. The number of allylic oxidation sites excluding steroid dienone is 3. The monoisotopic (exact) mass is 773 g/mol. The van der Waals surface area contributed by atoms with Crippen LogP contribution in [-0.2, 0) is 16.0 Å². The number of carboxylic acids is 1. The fraction of sp³-hybridized carbons (Fsp3) is 0.342. The Morgan fingerprint density at radius 1 is 1.08 bits per heavy atom. The van der Waals surface area contributed by atoms with Crippen LogP contribution in [0.4, 0.5) is 14.5 Å². The molecule has 0 saturated carbocycles. The van der Waals surface area contributed by atoms with Crippen molar-refractivity contribution < 1.29 is 28.2 Å². The Balaban J connectivity index is 1.62. The Morgan fingerprint density at radius 2 is 1.77 bits per heavy atom. The fourth-order valence-corrected chi connectivity index (χ4v) is 7.68. The van der Waals surface area contributed by atoms with Crippen LogP contribution in [0.2, 0.25) is 10.0 Å². The summed E-state index contributed by atoms with van der Waals surface area (Å²) in [6, 6.07) is 13.0. The Hall–Kier alpha value is -4.26. The molecule has 14 heteroatoms. The SMILES string of the molecule is COc1cc(C(C)(C)C2=CC(C)C(C)=C(SCc3c(F)cc(C(=O)NC(CCCCN=C(N)N)C(=O)O)cc3Cl)N2c2ccc(F)cc2)ccc1Cl. The van der Waals surface area contributed by atoms with Gasteiger partial charge in [-0.15, -0.1) is 11.8 Å². The predicted molar refractivity (Wildman–Crippen MR) is 206 cm³/mol. The van der Waals surface area contributed by atoms with E-state index >= 15 is 4.39 Å². The van der Waals surface area contributed by atoms with Gasteiger partial charge in [-0.05, 0) is 91.8 Å². The van der Waals surface area contributed by atoms with Crippen LogP contribution >= 0.6 is 35.0 Å². The van der Waals surface area contributed by atoms with Crippen molar-refractivity contribution in [2.45, 2.75) is 64.2 Å². The maximum Gasteiger partial charge on any atom is 0.326 e. The van der Waals surface area contributed by atoms with Gasteiger partial charge < -0.3 is 31.5 Å². The van der Waals surface area contributed by atoms with E-state index in [0.29, 0.717) is 35.8 Å². The smallest absolute Gasteiger partial charge is 0.326 e. The Morgan fingerprint density at radius 3 is 2.38 bits per heavy atom. The van der Waals surface area contributed by atoms with Gasteiger partial charge in [0.05, 0.1) is 17.2 Å². The molecule has 0 spiro atoms. The number of nitrogens with one attached hydrogen (secondary N) is 1. The summed E-state index contributed by atoms with van der Waals surface area (Å²) in [4.78, 5) is 30.8. The lowest BCUT2D eigenvalue weighted by atomic mass is 9.77. The van der Waals surface area contributed by atoms with Crippen LogP contribution in [0.1, 0.15) is 68.4 Å². The van der Waals surface area contributed by atoms with Gasteiger partial charge in [-0.3, -0.25) is 9.79 Å². The van der Waals surface area contributed by atoms with Crippen LogP contribution < -0.4 is 26.4 Å². The number of unbranched alkanes of at least 4 members (excludes halogenated alkanes) is 1. The minimum atomic E-state index is -1.22. The van der Waals surface area contributed by atoms with Gasteiger partial charge in [-0.2, -0.15) is 0 Å². The molecular weight excluding hydrogens is 731 g/mol. The standard InChI is InChI=1S/C38H43Cl2F2N5O4S/c1-21-16-33(38(3,4)24-9-14-28(39)32(19-24)51-5)47(26-12-10-25(41)11-13-26)35(22(21)2)52-20-27-29(40)17-23(18-30(27)42)34(48)46-31(36(49)50)8-6-7-15-45-37(43)44/h9-14,16-19,21,31H,6-8,15,20H2,1-5H3,(H,46,48)(H,49,50)(H4,43,44,45). The second-order valence-corrected chi connectivity index (χ2v) is 14.8. The average molecular weight is 775 g/mol. The first-order valence-electron chi connectivity index (χ1n) is 16.6. The molecule has 9 nitrogen and oxygen atoms in total. The largest absolute Gasteiger partial charge is 0.495 e. The molecule has 2 atom stereocenters. The van der Waals surface area contributed by atoms with Crippen molar-refractivity contribution in [2.24, 2.45) is 22.4 Å².